The monoisotopic (exact) mass is 316 g/mol. The van der Waals surface area contributed by atoms with Gasteiger partial charge in [0.2, 0.25) is 5.91 Å². The summed E-state index contributed by atoms with van der Waals surface area (Å²) in [6.07, 6.45) is 0.417. The highest BCUT2D eigenvalue weighted by Crippen LogP contribution is 2.47. The van der Waals surface area contributed by atoms with E-state index < -0.39 is 11.0 Å². The lowest BCUT2D eigenvalue weighted by atomic mass is 9.73. The molecule has 0 bridgehead atoms. The Bertz CT molecular complexity index is 608. The SMILES string of the molecule is CC(C)(C)OC(=O)N1C[C@H](c2ccccc2)[C@@]2(CCNC2=O)C1. The molecule has 0 radical (unpaired) electrons. The van der Waals surface area contributed by atoms with Crippen molar-refractivity contribution >= 4 is 12.0 Å². The van der Waals surface area contributed by atoms with Gasteiger partial charge in [-0.05, 0) is 32.8 Å². The van der Waals surface area contributed by atoms with Gasteiger partial charge in [0, 0.05) is 25.6 Å². The molecular formula is C18H24N2O3. The number of amides is 2. The Morgan fingerprint density at radius 1 is 1.30 bits per heavy atom. The van der Waals surface area contributed by atoms with Gasteiger partial charge in [0.25, 0.3) is 0 Å². The van der Waals surface area contributed by atoms with Crippen LogP contribution in [0.3, 0.4) is 0 Å². The number of nitrogens with one attached hydrogen (secondary N) is 1. The lowest BCUT2D eigenvalue weighted by Crippen LogP contribution is -2.40. The van der Waals surface area contributed by atoms with Crippen molar-refractivity contribution in [2.45, 2.75) is 38.7 Å². The first-order valence-corrected chi connectivity index (χ1v) is 8.13. The van der Waals surface area contributed by atoms with E-state index in [2.05, 4.69) is 5.32 Å². The summed E-state index contributed by atoms with van der Waals surface area (Å²) in [7, 11) is 0. The van der Waals surface area contributed by atoms with Crippen LogP contribution in [-0.4, -0.2) is 42.1 Å². The second-order valence-electron chi connectivity index (χ2n) is 7.49. The lowest BCUT2D eigenvalue weighted by molar-refractivity contribution is -0.127. The van der Waals surface area contributed by atoms with Crippen LogP contribution < -0.4 is 5.32 Å². The molecular weight excluding hydrogens is 292 g/mol. The number of ether oxygens (including phenoxy) is 1. The third kappa shape index (κ3) is 2.92. The Morgan fingerprint density at radius 2 is 2.00 bits per heavy atom. The second-order valence-corrected chi connectivity index (χ2v) is 7.49. The van der Waals surface area contributed by atoms with Crippen LogP contribution in [0, 0.1) is 5.41 Å². The zero-order chi connectivity index (χ0) is 16.7. The van der Waals surface area contributed by atoms with E-state index in [-0.39, 0.29) is 17.9 Å². The minimum absolute atomic E-state index is 0.0127. The van der Waals surface area contributed by atoms with Crippen LogP contribution in [0.2, 0.25) is 0 Å². The fraction of sp³-hybridized carbons (Fsp3) is 0.556. The number of likely N-dealkylation sites (tertiary alicyclic amines) is 1. The third-order valence-electron chi connectivity index (χ3n) is 4.71. The molecule has 3 rings (SSSR count). The van der Waals surface area contributed by atoms with Gasteiger partial charge < -0.3 is 15.0 Å². The quantitative estimate of drug-likeness (QED) is 0.866. The van der Waals surface area contributed by atoms with Crippen LogP contribution in [0.25, 0.3) is 0 Å². The molecule has 23 heavy (non-hydrogen) atoms. The van der Waals surface area contributed by atoms with E-state index in [1.54, 1.807) is 4.90 Å². The van der Waals surface area contributed by atoms with Crippen molar-refractivity contribution in [1.82, 2.24) is 10.2 Å². The highest BCUT2D eigenvalue weighted by atomic mass is 16.6. The minimum Gasteiger partial charge on any atom is -0.444 e. The summed E-state index contributed by atoms with van der Waals surface area (Å²) in [5.41, 5.74) is 0.0428. The maximum atomic E-state index is 12.5. The maximum Gasteiger partial charge on any atom is 0.410 e. The molecule has 2 amide bonds. The van der Waals surface area contributed by atoms with Gasteiger partial charge in [-0.25, -0.2) is 4.79 Å². The molecule has 0 saturated carbocycles. The van der Waals surface area contributed by atoms with Crippen molar-refractivity contribution in [2.24, 2.45) is 5.41 Å². The molecule has 0 aromatic heterocycles. The summed E-state index contributed by atoms with van der Waals surface area (Å²) in [5.74, 6) is 0.0659. The lowest BCUT2D eigenvalue weighted by Gasteiger charge is -2.27. The van der Waals surface area contributed by atoms with E-state index >= 15 is 0 Å². The summed E-state index contributed by atoms with van der Waals surface area (Å²) < 4.78 is 5.50. The number of carbonyl (C=O) groups is 2. The van der Waals surface area contributed by atoms with Gasteiger partial charge >= 0.3 is 6.09 Å². The summed E-state index contributed by atoms with van der Waals surface area (Å²) in [4.78, 5) is 26.7. The van der Waals surface area contributed by atoms with Crippen LogP contribution >= 0.6 is 0 Å². The first-order chi connectivity index (χ1) is 10.8. The number of nitrogens with zero attached hydrogens (tertiary/aromatic N) is 1. The standard InChI is InChI=1S/C18H24N2O3/c1-17(2,3)23-16(22)20-11-14(13-7-5-4-6-8-13)18(12-20)9-10-19-15(18)21/h4-8,14H,9-12H2,1-3H3,(H,19,21)/t14-,18-/m1/s1. The highest BCUT2D eigenvalue weighted by molar-refractivity contribution is 5.87. The fourth-order valence-corrected chi connectivity index (χ4v) is 3.66. The largest absolute Gasteiger partial charge is 0.444 e. The van der Waals surface area contributed by atoms with Crippen molar-refractivity contribution in [1.29, 1.82) is 0 Å². The molecule has 0 unspecified atom stereocenters. The second kappa shape index (κ2) is 5.55. The fourth-order valence-electron chi connectivity index (χ4n) is 3.66. The van der Waals surface area contributed by atoms with Crippen molar-refractivity contribution in [3.63, 3.8) is 0 Å². The Labute approximate surface area is 137 Å². The topological polar surface area (TPSA) is 58.6 Å². The molecule has 2 aliphatic heterocycles. The van der Waals surface area contributed by atoms with Crippen LogP contribution in [0.1, 0.15) is 38.7 Å². The molecule has 5 heteroatoms. The molecule has 1 aromatic carbocycles. The predicted octanol–water partition coefficient (Wildman–Crippen LogP) is 2.53. The first kappa shape index (κ1) is 15.8. The molecule has 2 heterocycles. The number of hydrogen-bond donors (Lipinski definition) is 1. The van der Waals surface area contributed by atoms with Crippen molar-refractivity contribution < 1.29 is 14.3 Å². The van der Waals surface area contributed by atoms with E-state index in [1.807, 2.05) is 51.1 Å². The van der Waals surface area contributed by atoms with E-state index in [1.165, 1.54) is 0 Å². The Morgan fingerprint density at radius 3 is 2.57 bits per heavy atom. The number of hydrogen-bond acceptors (Lipinski definition) is 3. The third-order valence-corrected chi connectivity index (χ3v) is 4.71. The van der Waals surface area contributed by atoms with E-state index in [0.29, 0.717) is 19.6 Å². The molecule has 2 atom stereocenters. The first-order valence-electron chi connectivity index (χ1n) is 8.13. The zero-order valence-electron chi connectivity index (χ0n) is 14.0. The molecule has 2 fully saturated rings. The van der Waals surface area contributed by atoms with Crippen LogP contribution in [0.15, 0.2) is 30.3 Å². The molecule has 0 aliphatic carbocycles. The van der Waals surface area contributed by atoms with Crippen molar-refractivity contribution in [3.05, 3.63) is 35.9 Å². The van der Waals surface area contributed by atoms with Crippen molar-refractivity contribution in [2.75, 3.05) is 19.6 Å². The molecule has 1 N–H and O–H groups in total. The summed E-state index contributed by atoms with van der Waals surface area (Å²) in [5, 5.41) is 2.94. The molecule has 2 aliphatic rings. The van der Waals surface area contributed by atoms with E-state index in [4.69, 9.17) is 4.74 Å². The van der Waals surface area contributed by atoms with Crippen LogP contribution in [0.4, 0.5) is 4.79 Å². The average Bonchev–Trinajstić information content (AvgIpc) is 3.04. The molecule has 1 aromatic rings. The average molecular weight is 316 g/mol. The smallest absolute Gasteiger partial charge is 0.410 e. The van der Waals surface area contributed by atoms with Gasteiger partial charge in [-0.15, -0.1) is 0 Å². The minimum atomic E-state index is -0.535. The number of benzene rings is 1. The Kier molecular flexibility index (Phi) is 3.82. The van der Waals surface area contributed by atoms with Crippen LogP contribution in [0.5, 0.6) is 0 Å². The molecule has 1 spiro atoms. The van der Waals surface area contributed by atoms with E-state index in [9.17, 15) is 9.59 Å². The maximum absolute atomic E-state index is 12.5. The summed E-state index contributed by atoms with van der Waals surface area (Å²) in [6.45, 7) is 7.18. The Balaban J connectivity index is 1.89. The van der Waals surface area contributed by atoms with E-state index in [0.717, 1.165) is 12.0 Å². The molecule has 5 nitrogen and oxygen atoms in total. The van der Waals surface area contributed by atoms with Gasteiger partial charge in [-0.1, -0.05) is 30.3 Å². The molecule has 2 saturated heterocycles. The van der Waals surface area contributed by atoms with Gasteiger partial charge in [-0.2, -0.15) is 0 Å². The number of rotatable bonds is 1. The number of carbonyl (C=O) groups excluding carboxylic acids is 2. The van der Waals surface area contributed by atoms with Gasteiger partial charge in [0.05, 0.1) is 5.41 Å². The Hall–Kier alpha value is -2.04. The van der Waals surface area contributed by atoms with Crippen molar-refractivity contribution in [3.8, 4) is 0 Å². The van der Waals surface area contributed by atoms with Gasteiger partial charge in [-0.3, -0.25) is 4.79 Å². The molecule has 124 valence electrons. The van der Waals surface area contributed by atoms with Gasteiger partial charge in [0.1, 0.15) is 5.60 Å². The highest BCUT2D eigenvalue weighted by Gasteiger charge is 2.56. The van der Waals surface area contributed by atoms with Crippen LogP contribution in [-0.2, 0) is 9.53 Å². The normalized spacial score (nSPS) is 27.3. The summed E-state index contributed by atoms with van der Waals surface area (Å²) >= 11 is 0. The van der Waals surface area contributed by atoms with Gasteiger partial charge in [0.15, 0.2) is 0 Å². The predicted molar refractivity (Wildman–Crippen MR) is 87.0 cm³/mol. The zero-order valence-corrected chi connectivity index (χ0v) is 14.0. The summed E-state index contributed by atoms with van der Waals surface area (Å²) in [6, 6.07) is 10.00.